The molecule has 1 aromatic carbocycles. The molecule has 0 aliphatic rings. The maximum absolute atomic E-state index is 11.7. The van der Waals surface area contributed by atoms with Gasteiger partial charge in [0.1, 0.15) is 0 Å². The Hall–Kier alpha value is -1.31. The lowest BCUT2D eigenvalue weighted by Gasteiger charge is -2.16. The zero-order valence-electron chi connectivity index (χ0n) is 11.7. The Morgan fingerprint density at radius 3 is 2.39 bits per heavy atom. The van der Waals surface area contributed by atoms with E-state index in [1.807, 2.05) is 6.92 Å². The molecule has 1 aromatic rings. The highest BCUT2D eigenvalue weighted by Gasteiger charge is 2.16. The summed E-state index contributed by atoms with van der Waals surface area (Å²) in [5.41, 5.74) is 2.50. The smallest absolute Gasteiger partial charge is 0.306 e. The number of hydrogen-bond acceptors (Lipinski definition) is 2. The van der Waals surface area contributed by atoms with Crippen LogP contribution in [0.5, 0.6) is 0 Å². The van der Waals surface area contributed by atoms with Gasteiger partial charge in [0.05, 0.1) is 13.0 Å². The van der Waals surface area contributed by atoms with E-state index in [0.717, 1.165) is 19.3 Å². The van der Waals surface area contributed by atoms with Gasteiger partial charge in [-0.3, -0.25) is 4.79 Å². The summed E-state index contributed by atoms with van der Waals surface area (Å²) < 4.78 is 5.17. The minimum absolute atomic E-state index is 0.0733. The molecule has 0 N–H and O–H groups in total. The Morgan fingerprint density at radius 2 is 1.83 bits per heavy atom. The van der Waals surface area contributed by atoms with Crippen molar-refractivity contribution in [1.82, 2.24) is 0 Å². The van der Waals surface area contributed by atoms with Gasteiger partial charge in [-0.15, -0.1) is 0 Å². The fourth-order valence-corrected chi connectivity index (χ4v) is 2.05. The second kappa shape index (κ2) is 7.91. The number of aryl methyl sites for hydroxylation is 1. The van der Waals surface area contributed by atoms with E-state index in [-0.39, 0.29) is 5.97 Å². The predicted molar refractivity (Wildman–Crippen MR) is 74.7 cm³/mol. The Kier molecular flexibility index (Phi) is 6.48. The van der Waals surface area contributed by atoms with Gasteiger partial charge in [0.2, 0.25) is 0 Å². The third-order valence-corrected chi connectivity index (χ3v) is 3.07. The van der Waals surface area contributed by atoms with Crippen LogP contribution in [0.4, 0.5) is 0 Å². The number of rotatable bonds is 7. The van der Waals surface area contributed by atoms with Crippen LogP contribution < -0.4 is 0 Å². The minimum Gasteiger partial charge on any atom is -0.466 e. The first-order valence-corrected chi connectivity index (χ1v) is 6.89. The molecule has 2 heteroatoms. The molecule has 0 aliphatic carbocycles. The lowest BCUT2D eigenvalue weighted by atomic mass is 9.91. The van der Waals surface area contributed by atoms with E-state index >= 15 is 0 Å². The molecule has 100 valence electrons. The third-order valence-electron chi connectivity index (χ3n) is 3.07. The molecule has 0 heterocycles. The van der Waals surface area contributed by atoms with E-state index in [0.29, 0.717) is 18.9 Å². The van der Waals surface area contributed by atoms with Gasteiger partial charge in [-0.25, -0.2) is 0 Å². The van der Waals surface area contributed by atoms with Crippen molar-refractivity contribution in [1.29, 1.82) is 0 Å². The predicted octanol–water partition coefficient (Wildman–Crippen LogP) is 4.22. The maximum atomic E-state index is 11.7. The second-order valence-electron chi connectivity index (χ2n) is 4.82. The van der Waals surface area contributed by atoms with Crippen LogP contribution in [0.25, 0.3) is 0 Å². The molecule has 0 saturated carbocycles. The van der Waals surface area contributed by atoms with Crippen molar-refractivity contribution in [2.45, 2.75) is 52.4 Å². The molecule has 1 atom stereocenters. The summed E-state index contributed by atoms with van der Waals surface area (Å²) >= 11 is 0. The van der Waals surface area contributed by atoms with Gasteiger partial charge in [-0.05, 0) is 31.2 Å². The third kappa shape index (κ3) is 4.91. The molecular weight excluding hydrogens is 224 g/mol. The number of esters is 1. The number of carbonyl (C=O) groups excluding carboxylic acids is 1. The Bertz CT molecular complexity index is 354. The molecule has 0 amide bonds. The van der Waals surface area contributed by atoms with Crippen LogP contribution in [-0.4, -0.2) is 12.6 Å². The van der Waals surface area contributed by atoms with Crippen molar-refractivity contribution in [3.05, 3.63) is 35.4 Å². The lowest BCUT2D eigenvalue weighted by molar-refractivity contribution is -0.144. The van der Waals surface area contributed by atoms with Crippen molar-refractivity contribution in [2.24, 2.45) is 0 Å². The highest BCUT2D eigenvalue weighted by atomic mass is 16.5. The fraction of sp³-hybridized carbons (Fsp3) is 0.562. The molecule has 0 aromatic heterocycles. The van der Waals surface area contributed by atoms with Gasteiger partial charge < -0.3 is 4.74 Å². The quantitative estimate of drug-likeness (QED) is 0.675. The molecule has 1 unspecified atom stereocenters. The van der Waals surface area contributed by atoms with Crippen LogP contribution >= 0.6 is 0 Å². The summed E-state index contributed by atoms with van der Waals surface area (Å²) in [7, 11) is 0. The number of carbonyl (C=O) groups is 1. The minimum atomic E-state index is -0.0733. The van der Waals surface area contributed by atoms with Crippen molar-refractivity contribution < 1.29 is 9.53 Å². The Balaban J connectivity index is 2.64. The summed E-state index contributed by atoms with van der Waals surface area (Å²) in [5, 5.41) is 0. The van der Waals surface area contributed by atoms with E-state index in [1.165, 1.54) is 11.1 Å². The van der Waals surface area contributed by atoms with Gasteiger partial charge in [0.25, 0.3) is 0 Å². The monoisotopic (exact) mass is 248 g/mol. The first-order valence-electron chi connectivity index (χ1n) is 6.89. The molecule has 0 bridgehead atoms. The summed E-state index contributed by atoms with van der Waals surface area (Å²) in [6.07, 6.45) is 3.50. The molecule has 0 aliphatic heterocycles. The Labute approximate surface area is 110 Å². The normalized spacial score (nSPS) is 12.2. The number of ether oxygens (including phenoxy) is 1. The first kappa shape index (κ1) is 14.7. The molecule has 0 spiro atoms. The molecule has 0 saturated heterocycles. The lowest BCUT2D eigenvalue weighted by Crippen LogP contribution is -2.11. The maximum Gasteiger partial charge on any atom is 0.306 e. The molecule has 18 heavy (non-hydrogen) atoms. The van der Waals surface area contributed by atoms with Crippen LogP contribution in [0.1, 0.15) is 56.6 Å². The number of hydrogen-bond donors (Lipinski definition) is 0. The zero-order valence-corrected chi connectivity index (χ0v) is 11.7. The largest absolute Gasteiger partial charge is 0.466 e. The van der Waals surface area contributed by atoms with E-state index in [2.05, 4.69) is 38.1 Å². The van der Waals surface area contributed by atoms with E-state index in [9.17, 15) is 4.79 Å². The van der Waals surface area contributed by atoms with Gasteiger partial charge in [-0.1, -0.05) is 50.1 Å². The highest BCUT2D eigenvalue weighted by molar-refractivity contribution is 5.70. The molecule has 2 nitrogen and oxygen atoms in total. The van der Waals surface area contributed by atoms with Gasteiger partial charge >= 0.3 is 5.97 Å². The van der Waals surface area contributed by atoms with Crippen molar-refractivity contribution >= 4 is 5.97 Å². The zero-order chi connectivity index (χ0) is 13.4. The van der Waals surface area contributed by atoms with E-state index < -0.39 is 0 Å². The van der Waals surface area contributed by atoms with Crippen molar-refractivity contribution in [3.8, 4) is 0 Å². The van der Waals surface area contributed by atoms with E-state index in [4.69, 9.17) is 4.74 Å². The van der Waals surface area contributed by atoms with Gasteiger partial charge in [-0.2, -0.15) is 0 Å². The molecule has 0 radical (unpaired) electrons. The molecular formula is C16H24O2. The van der Waals surface area contributed by atoms with Crippen molar-refractivity contribution in [3.63, 3.8) is 0 Å². The van der Waals surface area contributed by atoms with E-state index in [1.54, 1.807) is 0 Å². The fourth-order valence-electron chi connectivity index (χ4n) is 2.05. The summed E-state index contributed by atoms with van der Waals surface area (Å²) in [5.74, 6) is 0.218. The van der Waals surface area contributed by atoms with Gasteiger partial charge in [0, 0.05) is 0 Å². The van der Waals surface area contributed by atoms with Crippen LogP contribution in [0.15, 0.2) is 24.3 Å². The first-order chi connectivity index (χ1) is 8.67. The number of benzene rings is 1. The second-order valence-corrected chi connectivity index (χ2v) is 4.82. The SMILES string of the molecule is CCCOC(=O)CC(CCC)c1ccc(C)cc1. The van der Waals surface area contributed by atoms with Gasteiger partial charge in [0.15, 0.2) is 0 Å². The van der Waals surface area contributed by atoms with Crippen LogP contribution in [-0.2, 0) is 9.53 Å². The Morgan fingerprint density at radius 1 is 1.17 bits per heavy atom. The molecule has 1 rings (SSSR count). The topological polar surface area (TPSA) is 26.3 Å². The highest BCUT2D eigenvalue weighted by Crippen LogP contribution is 2.25. The summed E-state index contributed by atoms with van der Waals surface area (Å²) in [4.78, 5) is 11.7. The van der Waals surface area contributed by atoms with Crippen LogP contribution in [0.3, 0.4) is 0 Å². The summed E-state index contributed by atoms with van der Waals surface area (Å²) in [6, 6.07) is 8.47. The summed E-state index contributed by atoms with van der Waals surface area (Å²) in [6.45, 7) is 6.77. The average molecular weight is 248 g/mol. The standard InChI is InChI=1S/C16H24O2/c1-4-6-15(12-16(17)18-11-5-2)14-9-7-13(3)8-10-14/h7-10,15H,4-6,11-12H2,1-3H3. The molecule has 0 fully saturated rings. The van der Waals surface area contributed by atoms with Crippen LogP contribution in [0, 0.1) is 6.92 Å². The van der Waals surface area contributed by atoms with Crippen LogP contribution in [0.2, 0.25) is 0 Å². The average Bonchev–Trinajstić information content (AvgIpc) is 2.37. The van der Waals surface area contributed by atoms with Crippen molar-refractivity contribution in [2.75, 3.05) is 6.61 Å².